The molecule has 0 N–H and O–H groups in total. The van der Waals surface area contributed by atoms with Gasteiger partial charge in [0, 0.05) is 19.5 Å². The Hall–Kier alpha value is -2.43. The number of hydrogen-bond donors (Lipinski definition) is 0. The smallest absolute Gasteiger partial charge is 0.332 e. The zero-order valence-electron chi connectivity index (χ0n) is 20.0. The van der Waals surface area contributed by atoms with E-state index in [0.29, 0.717) is 25.9 Å². The molecule has 1 fully saturated rings. The zero-order chi connectivity index (χ0) is 24.5. The van der Waals surface area contributed by atoms with E-state index in [2.05, 4.69) is 4.84 Å². The van der Waals surface area contributed by atoms with Crippen LogP contribution in [-0.2, 0) is 28.8 Å². The van der Waals surface area contributed by atoms with Gasteiger partial charge in [0.1, 0.15) is 5.60 Å². The van der Waals surface area contributed by atoms with Crippen LogP contribution in [0.3, 0.4) is 0 Å². The van der Waals surface area contributed by atoms with Gasteiger partial charge in [-0.05, 0) is 73.1 Å². The van der Waals surface area contributed by atoms with Crippen LogP contribution in [0.25, 0.3) is 0 Å². The molecule has 184 valence electrons. The number of carbonyl (C=O) groups is 3. The summed E-state index contributed by atoms with van der Waals surface area (Å²) in [7, 11) is 0. The van der Waals surface area contributed by atoms with Gasteiger partial charge < -0.3 is 14.5 Å². The molecular formula is C21H37N3O8. The van der Waals surface area contributed by atoms with Crippen molar-refractivity contribution in [3.8, 4) is 0 Å². The van der Waals surface area contributed by atoms with Crippen LogP contribution < -0.4 is 0 Å². The third-order valence-corrected chi connectivity index (χ3v) is 4.79. The SMILES string of the molecule is CC(C)(C)OC(=O)[C@H](CCC(=O)N1CCC(CCO[N+](=O)[O-])CC1)N(C=O)OC(C)(C)C. The lowest BCUT2D eigenvalue weighted by molar-refractivity contribution is -0.758. The van der Waals surface area contributed by atoms with Gasteiger partial charge in [0.15, 0.2) is 6.04 Å². The van der Waals surface area contributed by atoms with E-state index in [1.807, 2.05) is 0 Å². The van der Waals surface area contributed by atoms with Gasteiger partial charge in [-0.3, -0.25) is 14.4 Å². The maximum Gasteiger partial charge on any atom is 0.332 e. The van der Waals surface area contributed by atoms with Crippen LogP contribution in [0.15, 0.2) is 0 Å². The average Bonchev–Trinajstić information content (AvgIpc) is 2.65. The summed E-state index contributed by atoms with van der Waals surface area (Å²) in [6.45, 7) is 11.6. The topological polar surface area (TPSA) is 129 Å². The Balaban J connectivity index is 2.68. The molecule has 11 heteroatoms. The van der Waals surface area contributed by atoms with Gasteiger partial charge in [0.2, 0.25) is 12.3 Å². The molecule has 1 rings (SSSR count). The largest absolute Gasteiger partial charge is 0.458 e. The highest BCUT2D eigenvalue weighted by Crippen LogP contribution is 2.23. The monoisotopic (exact) mass is 459 g/mol. The Kier molecular flexibility index (Phi) is 10.3. The van der Waals surface area contributed by atoms with Gasteiger partial charge in [-0.1, -0.05) is 0 Å². The van der Waals surface area contributed by atoms with E-state index in [9.17, 15) is 24.5 Å². The van der Waals surface area contributed by atoms with Gasteiger partial charge in [0.25, 0.3) is 5.09 Å². The Morgan fingerprint density at radius 2 is 1.75 bits per heavy atom. The van der Waals surface area contributed by atoms with E-state index in [0.717, 1.165) is 17.9 Å². The zero-order valence-corrected chi connectivity index (χ0v) is 20.0. The first kappa shape index (κ1) is 27.6. The van der Waals surface area contributed by atoms with Crippen molar-refractivity contribution < 1.29 is 33.9 Å². The van der Waals surface area contributed by atoms with Crippen LogP contribution in [0.1, 0.15) is 73.6 Å². The van der Waals surface area contributed by atoms with Crippen molar-refractivity contribution >= 4 is 18.3 Å². The highest BCUT2D eigenvalue weighted by atomic mass is 16.9. The molecule has 0 aliphatic carbocycles. The maximum absolute atomic E-state index is 12.7. The van der Waals surface area contributed by atoms with Crippen molar-refractivity contribution in [1.82, 2.24) is 9.96 Å². The standard InChI is InChI=1S/C21H37N3O8/c1-20(2,3)31-19(27)17(23(15-25)32-21(4,5)6)7-8-18(26)22-12-9-16(10-13-22)11-14-30-24(28)29/h15-17H,7-14H2,1-6H3/t17-/m0/s1. The molecule has 0 aromatic rings. The highest BCUT2D eigenvalue weighted by Gasteiger charge is 2.34. The molecule has 32 heavy (non-hydrogen) atoms. The summed E-state index contributed by atoms with van der Waals surface area (Å²) >= 11 is 0. The van der Waals surface area contributed by atoms with Crippen molar-refractivity contribution in [2.45, 2.75) is 90.9 Å². The van der Waals surface area contributed by atoms with E-state index in [1.165, 1.54) is 0 Å². The Morgan fingerprint density at radius 3 is 2.22 bits per heavy atom. The van der Waals surface area contributed by atoms with Crippen molar-refractivity contribution in [3.05, 3.63) is 10.1 Å². The van der Waals surface area contributed by atoms with Gasteiger partial charge in [-0.15, -0.1) is 10.1 Å². The molecule has 2 amide bonds. The molecule has 11 nitrogen and oxygen atoms in total. The summed E-state index contributed by atoms with van der Waals surface area (Å²) in [5.74, 6) is -0.495. The van der Waals surface area contributed by atoms with Gasteiger partial charge in [0.05, 0.1) is 12.2 Å². The molecule has 0 unspecified atom stereocenters. The fourth-order valence-corrected chi connectivity index (χ4v) is 3.38. The third kappa shape index (κ3) is 10.7. The first-order chi connectivity index (χ1) is 14.7. The molecule has 1 aliphatic heterocycles. The van der Waals surface area contributed by atoms with Gasteiger partial charge >= 0.3 is 5.97 Å². The van der Waals surface area contributed by atoms with Crippen LogP contribution in [0.4, 0.5) is 0 Å². The maximum atomic E-state index is 12.7. The molecule has 0 spiro atoms. The van der Waals surface area contributed by atoms with Crippen LogP contribution in [0.2, 0.25) is 0 Å². The Bertz CT molecular complexity index is 648. The summed E-state index contributed by atoms with van der Waals surface area (Å²) in [5.41, 5.74) is -1.47. The second kappa shape index (κ2) is 12.0. The van der Waals surface area contributed by atoms with E-state index in [4.69, 9.17) is 9.57 Å². The minimum Gasteiger partial charge on any atom is -0.458 e. The van der Waals surface area contributed by atoms with Crippen LogP contribution in [0.5, 0.6) is 0 Å². The minimum absolute atomic E-state index is 0.0524. The molecule has 1 atom stereocenters. The van der Waals surface area contributed by atoms with Crippen LogP contribution in [-0.4, -0.2) is 70.3 Å². The molecular weight excluding hydrogens is 422 g/mol. The number of nitrogens with zero attached hydrogens (tertiary/aromatic N) is 3. The number of hydrogen-bond acceptors (Lipinski definition) is 8. The van der Waals surface area contributed by atoms with Crippen LogP contribution in [0, 0.1) is 16.0 Å². The summed E-state index contributed by atoms with van der Waals surface area (Å²) in [5, 5.41) is 10.4. The molecule has 0 radical (unpaired) electrons. The summed E-state index contributed by atoms with van der Waals surface area (Å²) in [4.78, 5) is 59.0. The number of hydroxylamine groups is 2. The highest BCUT2D eigenvalue weighted by molar-refractivity contribution is 5.81. The number of ether oxygens (including phenoxy) is 1. The van der Waals surface area contributed by atoms with Crippen molar-refractivity contribution in [2.75, 3.05) is 19.7 Å². The summed E-state index contributed by atoms with van der Waals surface area (Å²) < 4.78 is 5.44. The fourth-order valence-electron chi connectivity index (χ4n) is 3.38. The lowest BCUT2D eigenvalue weighted by atomic mass is 9.93. The number of esters is 1. The average molecular weight is 460 g/mol. The predicted molar refractivity (Wildman–Crippen MR) is 114 cm³/mol. The number of rotatable bonds is 11. The van der Waals surface area contributed by atoms with Crippen molar-refractivity contribution in [2.24, 2.45) is 5.92 Å². The molecule has 0 aromatic carbocycles. The Morgan fingerprint density at radius 1 is 1.16 bits per heavy atom. The predicted octanol–water partition coefficient (Wildman–Crippen LogP) is 2.50. The van der Waals surface area contributed by atoms with E-state index >= 15 is 0 Å². The molecule has 1 aliphatic rings. The third-order valence-electron chi connectivity index (χ3n) is 4.79. The first-order valence-corrected chi connectivity index (χ1v) is 10.9. The number of carbonyl (C=O) groups excluding carboxylic acids is 3. The molecule has 1 heterocycles. The van der Waals surface area contributed by atoms with Crippen LogP contribution >= 0.6 is 0 Å². The molecule has 0 aromatic heterocycles. The molecule has 0 bridgehead atoms. The van der Waals surface area contributed by atoms with E-state index in [-0.39, 0.29) is 31.3 Å². The number of amides is 2. The van der Waals surface area contributed by atoms with Gasteiger partial charge in [-0.25, -0.2) is 9.86 Å². The Labute approximate surface area is 189 Å². The summed E-state index contributed by atoms with van der Waals surface area (Å²) in [6, 6.07) is -1.05. The summed E-state index contributed by atoms with van der Waals surface area (Å²) in [6.07, 6.45) is 2.59. The van der Waals surface area contributed by atoms with Crippen molar-refractivity contribution in [3.63, 3.8) is 0 Å². The van der Waals surface area contributed by atoms with Crippen molar-refractivity contribution in [1.29, 1.82) is 0 Å². The van der Waals surface area contributed by atoms with E-state index < -0.39 is 28.3 Å². The second-order valence-electron chi connectivity index (χ2n) is 9.93. The van der Waals surface area contributed by atoms with E-state index in [1.54, 1.807) is 46.4 Å². The fraction of sp³-hybridized carbons (Fsp3) is 0.857. The molecule has 1 saturated heterocycles. The number of likely N-dealkylation sites (tertiary alicyclic amines) is 1. The normalized spacial score (nSPS) is 16.2. The first-order valence-electron chi connectivity index (χ1n) is 10.9. The lowest BCUT2D eigenvalue weighted by Gasteiger charge is -2.34. The second-order valence-corrected chi connectivity index (χ2v) is 9.93. The molecule has 0 saturated carbocycles. The van der Waals surface area contributed by atoms with Gasteiger partial charge in [-0.2, -0.15) is 0 Å². The quantitative estimate of drug-likeness (QED) is 0.199. The number of piperidine rings is 1. The lowest BCUT2D eigenvalue weighted by Crippen LogP contribution is -2.47. The minimum atomic E-state index is -1.05.